The number of nitrogens with zero attached hydrogens (tertiary/aromatic N) is 3. The molecule has 2 aliphatic carbocycles. The largest absolute Gasteiger partial charge is 0.456 e. The SMILES string of the molecule is CC12C=CC=CC1SC(C1=CC(c3ccc4c(c3)oc3ccccc34)CC(c3ccc(-c4ccc(C#N)c(C#N)c4)cc3)=C1)=N2. The van der Waals surface area contributed by atoms with Crippen molar-refractivity contribution in [1.29, 1.82) is 10.5 Å². The molecule has 5 heteroatoms. The minimum Gasteiger partial charge on any atom is -0.456 e. The van der Waals surface area contributed by atoms with E-state index in [0.717, 1.165) is 55.7 Å². The second kappa shape index (κ2) is 10.7. The van der Waals surface area contributed by atoms with Crippen LogP contribution in [0.2, 0.25) is 0 Å². The monoisotopic (exact) mass is 597 g/mol. The van der Waals surface area contributed by atoms with E-state index in [1.807, 2.05) is 30.0 Å². The van der Waals surface area contributed by atoms with Gasteiger partial charge in [-0.05, 0) is 71.5 Å². The van der Waals surface area contributed by atoms with E-state index < -0.39 is 0 Å². The van der Waals surface area contributed by atoms with E-state index in [-0.39, 0.29) is 16.7 Å². The van der Waals surface area contributed by atoms with E-state index in [1.54, 1.807) is 12.1 Å². The van der Waals surface area contributed by atoms with Crippen LogP contribution in [0.5, 0.6) is 0 Å². The molecule has 0 radical (unpaired) electrons. The van der Waals surface area contributed by atoms with Crippen LogP contribution in [0.15, 0.2) is 136 Å². The summed E-state index contributed by atoms with van der Waals surface area (Å²) in [5, 5.41) is 22.5. The fourth-order valence-electron chi connectivity index (χ4n) is 6.58. The van der Waals surface area contributed by atoms with Crippen molar-refractivity contribution < 1.29 is 4.42 Å². The van der Waals surface area contributed by atoms with Crippen molar-refractivity contribution in [3.63, 3.8) is 0 Å². The number of thioether (sulfide) groups is 1. The molecule has 214 valence electrons. The highest BCUT2D eigenvalue weighted by Gasteiger charge is 2.39. The Hall–Kier alpha value is -5.36. The van der Waals surface area contributed by atoms with E-state index in [1.165, 1.54) is 11.1 Å². The molecular formula is C40H27N3OS. The molecule has 0 bridgehead atoms. The van der Waals surface area contributed by atoms with Crippen LogP contribution in [-0.4, -0.2) is 15.8 Å². The van der Waals surface area contributed by atoms with Crippen molar-refractivity contribution in [1.82, 2.24) is 0 Å². The predicted octanol–water partition coefficient (Wildman–Crippen LogP) is 9.89. The number of hydrogen-bond donors (Lipinski definition) is 0. The van der Waals surface area contributed by atoms with Crippen LogP contribution in [0.3, 0.4) is 0 Å². The number of rotatable bonds is 4. The number of fused-ring (bicyclic) bond motifs is 4. The molecule has 0 fully saturated rings. The molecule has 0 saturated heterocycles. The highest BCUT2D eigenvalue weighted by molar-refractivity contribution is 8.15. The van der Waals surface area contributed by atoms with Gasteiger partial charge in [-0.1, -0.05) is 103 Å². The lowest BCUT2D eigenvalue weighted by Gasteiger charge is -2.24. The molecule has 0 N–H and O–H groups in total. The molecule has 4 aromatic carbocycles. The molecule has 3 atom stereocenters. The van der Waals surface area contributed by atoms with Crippen LogP contribution in [0.25, 0.3) is 38.6 Å². The van der Waals surface area contributed by atoms with Gasteiger partial charge in [0.25, 0.3) is 0 Å². The van der Waals surface area contributed by atoms with Crippen LogP contribution in [0.1, 0.15) is 41.5 Å². The molecular weight excluding hydrogens is 571 g/mol. The lowest BCUT2D eigenvalue weighted by molar-refractivity contribution is 0.618. The van der Waals surface area contributed by atoms with Crippen molar-refractivity contribution in [2.24, 2.45) is 4.99 Å². The maximum atomic E-state index is 9.51. The summed E-state index contributed by atoms with van der Waals surface area (Å²) in [4.78, 5) is 5.25. The molecule has 0 amide bonds. The average Bonchev–Trinajstić information content (AvgIpc) is 3.65. The zero-order valence-corrected chi connectivity index (χ0v) is 25.4. The van der Waals surface area contributed by atoms with Crippen molar-refractivity contribution >= 4 is 44.3 Å². The number of allylic oxidation sites excluding steroid dienone is 5. The summed E-state index contributed by atoms with van der Waals surface area (Å²) in [5.74, 6) is 0.152. The topological polar surface area (TPSA) is 73.1 Å². The van der Waals surface area contributed by atoms with Gasteiger partial charge in [-0.25, -0.2) is 0 Å². The average molecular weight is 598 g/mol. The molecule has 45 heavy (non-hydrogen) atoms. The normalized spacial score (nSPS) is 22.0. The Labute approximate surface area is 266 Å². The molecule has 0 spiro atoms. The third kappa shape index (κ3) is 4.74. The highest BCUT2D eigenvalue weighted by Crippen LogP contribution is 2.45. The number of furan rings is 1. The molecule has 3 unspecified atom stereocenters. The summed E-state index contributed by atoms with van der Waals surface area (Å²) >= 11 is 1.84. The Balaban J connectivity index is 1.18. The van der Waals surface area contributed by atoms with Gasteiger partial charge in [0.2, 0.25) is 0 Å². The lowest BCUT2D eigenvalue weighted by atomic mass is 9.82. The number of aliphatic imine (C=N–C) groups is 1. The van der Waals surface area contributed by atoms with Gasteiger partial charge in [0.15, 0.2) is 0 Å². The van der Waals surface area contributed by atoms with Gasteiger partial charge in [0.05, 0.1) is 27.0 Å². The first kappa shape index (κ1) is 27.2. The molecule has 1 aliphatic heterocycles. The van der Waals surface area contributed by atoms with Crippen LogP contribution in [0, 0.1) is 22.7 Å². The van der Waals surface area contributed by atoms with E-state index in [9.17, 15) is 10.5 Å². The second-order valence-corrected chi connectivity index (χ2v) is 13.1. The maximum absolute atomic E-state index is 9.51. The molecule has 5 aromatic rings. The molecule has 8 rings (SSSR count). The van der Waals surface area contributed by atoms with Crippen molar-refractivity contribution in [2.45, 2.75) is 30.1 Å². The standard InChI is InChI=1S/C40H27N3OS/c1-40-17-5-4-8-38(40)45-39(43-40)32-20-30(26-11-9-25(10-12-26)27-13-14-29(23-41)33(18-27)24-42)19-31(21-32)28-15-16-35-34-6-2-3-7-36(34)44-37(35)22-28/h2-18,20-22,31,38H,19H2,1H3. The predicted molar refractivity (Wildman–Crippen MR) is 184 cm³/mol. The number of nitriles is 2. The van der Waals surface area contributed by atoms with Gasteiger partial charge in [-0.3, -0.25) is 4.99 Å². The minimum atomic E-state index is -0.241. The van der Waals surface area contributed by atoms with Crippen molar-refractivity contribution in [3.8, 4) is 23.3 Å². The van der Waals surface area contributed by atoms with Gasteiger partial charge in [0, 0.05) is 22.3 Å². The van der Waals surface area contributed by atoms with Gasteiger partial charge < -0.3 is 4.42 Å². The summed E-state index contributed by atoms with van der Waals surface area (Å²) in [6.07, 6.45) is 14.2. The van der Waals surface area contributed by atoms with E-state index in [4.69, 9.17) is 9.41 Å². The summed E-state index contributed by atoms with van der Waals surface area (Å²) in [7, 11) is 0. The number of benzene rings is 4. The van der Waals surface area contributed by atoms with Gasteiger partial charge in [-0.2, -0.15) is 10.5 Å². The lowest BCUT2D eigenvalue weighted by Crippen LogP contribution is -2.29. The smallest absolute Gasteiger partial charge is 0.135 e. The minimum absolute atomic E-state index is 0.152. The second-order valence-electron chi connectivity index (χ2n) is 11.9. The van der Waals surface area contributed by atoms with E-state index >= 15 is 0 Å². The molecule has 3 aliphatic rings. The zero-order chi connectivity index (χ0) is 30.5. The quantitative estimate of drug-likeness (QED) is 0.207. The Kier molecular flexibility index (Phi) is 6.45. The number of para-hydroxylation sites is 1. The Morgan fingerprint density at radius 3 is 2.42 bits per heavy atom. The zero-order valence-electron chi connectivity index (χ0n) is 24.6. The fourth-order valence-corrected chi connectivity index (χ4v) is 7.87. The highest BCUT2D eigenvalue weighted by atomic mass is 32.2. The van der Waals surface area contributed by atoms with Crippen LogP contribution in [-0.2, 0) is 0 Å². The summed E-state index contributed by atoms with van der Waals surface area (Å²) in [5.41, 5.74) is 9.05. The van der Waals surface area contributed by atoms with Crippen LogP contribution < -0.4 is 0 Å². The third-order valence-electron chi connectivity index (χ3n) is 9.07. The first-order valence-corrected chi connectivity index (χ1v) is 15.9. The van der Waals surface area contributed by atoms with Gasteiger partial charge in [-0.15, -0.1) is 0 Å². The maximum Gasteiger partial charge on any atom is 0.135 e. The van der Waals surface area contributed by atoms with E-state index in [0.29, 0.717) is 11.1 Å². The summed E-state index contributed by atoms with van der Waals surface area (Å²) in [6.45, 7) is 2.21. The summed E-state index contributed by atoms with van der Waals surface area (Å²) < 4.78 is 6.27. The van der Waals surface area contributed by atoms with Crippen LogP contribution >= 0.6 is 11.8 Å². The first-order valence-electron chi connectivity index (χ1n) is 15.0. The molecule has 0 saturated carbocycles. The van der Waals surface area contributed by atoms with Gasteiger partial charge in [0.1, 0.15) is 23.3 Å². The first-order chi connectivity index (χ1) is 22.0. The van der Waals surface area contributed by atoms with Crippen molar-refractivity contribution in [3.05, 3.63) is 149 Å². The molecule has 4 nitrogen and oxygen atoms in total. The van der Waals surface area contributed by atoms with Crippen molar-refractivity contribution in [2.75, 3.05) is 0 Å². The van der Waals surface area contributed by atoms with E-state index in [2.05, 4.69) is 110 Å². The Morgan fingerprint density at radius 2 is 1.60 bits per heavy atom. The molecule has 1 aromatic heterocycles. The molecule has 2 heterocycles. The van der Waals surface area contributed by atoms with Crippen LogP contribution in [0.4, 0.5) is 0 Å². The summed E-state index contributed by atoms with van der Waals surface area (Å²) in [6, 6.07) is 33.0. The number of hydrogen-bond acceptors (Lipinski definition) is 5. The fraction of sp³-hybridized carbons (Fsp3) is 0.125. The Morgan fingerprint density at radius 1 is 0.822 bits per heavy atom. The third-order valence-corrected chi connectivity index (χ3v) is 10.5. The Bertz CT molecular complexity index is 2270. The van der Waals surface area contributed by atoms with Gasteiger partial charge >= 0.3 is 0 Å².